The molecule has 88 valence electrons. The zero-order valence-electron chi connectivity index (χ0n) is 9.03. The van der Waals surface area contributed by atoms with E-state index in [1.54, 1.807) is 6.92 Å². The van der Waals surface area contributed by atoms with Gasteiger partial charge < -0.3 is 14.8 Å². The highest BCUT2D eigenvalue weighted by molar-refractivity contribution is 6.04. The van der Waals surface area contributed by atoms with Gasteiger partial charge in [0.25, 0.3) is 5.91 Å². The minimum absolute atomic E-state index is 0.269. The van der Waals surface area contributed by atoms with Crippen molar-refractivity contribution in [3.8, 4) is 5.75 Å². The number of anilines is 1. The Morgan fingerprint density at radius 3 is 2.76 bits per heavy atom. The molecule has 1 aromatic carbocycles. The van der Waals surface area contributed by atoms with Crippen LogP contribution in [0.4, 0.5) is 10.1 Å². The van der Waals surface area contributed by atoms with Crippen LogP contribution in [0.15, 0.2) is 34.9 Å². The van der Waals surface area contributed by atoms with Gasteiger partial charge in [-0.25, -0.2) is 4.39 Å². The number of carbonyl (C=O) groups is 1. The highest BCUT2D eigenvalue weighted by Crippen LogP contribution is 2.20. The second-order valence-electron chi connectivity index (χ2n) is 3.51. The van der Waals surface area contributed by atoms with Crippen molar-refractivity contribution >= 4 is 11.6 Å². The van der Waals surface area contributed by atoms with Crippen LogP contribution in [0, 0.1) is 12.7 Å². The number of carbonyl (C=O) groups excluding carboxylic acids is 1. The average Bonchev–Trinajstić information content (AvgIpc) is 2.70. The van der Waals surface area contributed by atoms with Crippen molar-refractivity contribution in [2.45, 2.75) is 6.92 Å². The van der Waals surface area contributed by atoms with Crippen molar-refractivity contribution in [3.05, 3.63) is 47.7 Å². The van der Waals surface area contributed by atoms with E-state index >= 15 is 0 Å². The second-order valence-corrected chi connectivity index (χ2v) is 3.51. The second kappa shape index (κ2) is 4.29. The highest BCUT2D eigenvalue weighted by atomic mass is 19.1. The third-order valence-corrected chi connectivity index (χ3v) is 2.31. The maximum absolute atomic E-state index is 13.0. The molecular formula is C12H10FNO3. The summed E-state index contributed by atoms with van der Waals surface area (Å²) in [4.78, 5) is 11.7. The first-order valence-electron chi connectivity index (χ1n) is 4.92. The van der Waals surface area contributed by atoms with E-state index in [1.165, 1.54) is 24.5 Å². The van der Waals surface area contributed by atoms with E-state index in [0.29, 0.717) is 11.3 Å². The minimum atomic E-state index is -0.785. The van der Waals surface area contributed by atoms with Gasteiger partial charge in [-0.3, -0.25) is 4.79 Å². The van der Waals surface area contributed by atoms with Gasteiger partial charge in [0.05, 0.1) is 11.8 Å². The Morgan fingerprint density at radius 2 is 2.18 bits per heavy atom. The van der Waals surface area contributed by atoms with Crippen LogP contribution in [0.3, 0.4) is 0 Å². The summed E-state index contributed by atoms with van der Waals surface area (Å²) in [5.74, 6) is -1.14. The summed E-state index contributed by atoms with van der Waals surface area (Å²) in [6, 6.07) is 5.16. The van der Waals surface area contributed by atoms with E-state index in [1.807, 2.05) is 0 Å². The molecule has 1 heterocycles. The number of furan rings is 1. The first kappa shape index (κ1) is 11.2. The zero-order valence-corrected chi connectivity index (χ0v) is 9.03. The van der Waals surface area contributed by atoms with Gasteiger partial charge in [0, 0.05) is 11.8 Å². The number of amides is 1. The van der Waals surface area contributed by atoms with E-state index in [-0.39, 0.29) is 11.6 Å². The molecule has 0 aliphatic rings. The summed E-state index contributed by atoms with van der Waals surface area (Å²) < 4.78 is 18.0. The fourth-order valence-electron chi connectivity index (χ4n) is 1.40. The van der Waals surface area contributed by atoms with E-state index in [4.69, 9.17) is 9.52 Å². The molecule has 0 saturated heterocycles. The molecule has 4 nitrogen and oxygen atoms in total. The van der Waals surface area contributed by atoms with Crippen LogP contribution >= 0.6 is 0 Å². The molecule has 0 radical (unpaired) electrons. The Kier molecular flexibility index (Phi) is 2.82. The van der Waals surface area contributed by atoms with Crippen LogP contribution in [0.2, 0.25) is 0 Å². The number of aromatic hydroxyl groups is 1. The van der Waals surface area contributed by atoms with Crippen LogP contribution in [0.1, 0.15) is 16.1 Å². The Labute approximate surface area is 96.7 Å². The van der Waals surface area contributed by atoms with E-state index in [2.05, 4.69) is 5.32 Å². The predicted octanol–water partition coefficient (Wildman–Crippen LogP) is 2.69. The number of halogens is 1. The number of phenolic OH excluding ortho intramolecular Hbond substituents is 1. The SMILES string of the molecule is Cc1occc1C(=O)Nc1ccc(O)c(F)c1. The summed E-state index contributed by atoms with van der Waals surface area (Å²) in [6.45, 7) is 1.66. The molecular weight excluding hydrogens is 225 g/mol. The van der Waals surface area contributed by atoms with Crippen molar-refractivity contribution in [1.29, 1.82) is 0 Å². The summed E-state index contributed by atoms with van der Waals surface area (Å²) in [5, 5.41) is 11.5. The van der Waals surface area contributed by atoms with Gasteiger partial charge in [-0.1, -0.05) is 0 Å². The minimum Gasteiger partial charge on any atom is -0.505 e. The molecule has 17 heavy (non-hydrogen) atoms. The monoisotopic (exact) mass is 235 g/mol. The first-order valence-corrected chi connectivity index (χ1v) is 4.92. The predicted molar refractivity (Wildman–Crippen MR) is 59.5 cm³/mol. The normalized spacial score (nSPS) is 10.2. The Morgan fingerprint density at radius 1 is 1.41 bits per heavy atom. The lowest BCUT2D eigenvalue weighted by Gasteiger charge is -2.04. The molecule has 0 bridgehead atoms. The smallest absolute Gasteiger partial charge is 0.259 e. The van der Waals surface area contributed by atoms with Crippen molar-refractivity contribution in [3.63, 3.8) is 0 Å². The van der Waals surface area contributed by atoms with Gasteiger partial charge in [0.2, 0.25) is 0 Å². The van der Waals surface area contributed by atoms with Crippen LogP contribution in [0.25, 0.3) is 0 Å². The maximum Gasteiger partial charge on any atom is 0.259 e. The van der Waals surface area contributed by atoms with Gasteiger partial charge >= 0.3 is 0 Å². The molecule has 0 aliphatic heterocycles. The van der Waals surface area contributed by atoms with E-state index < -0.39 is 11.6 Å². The van der Waals surface area contributed by atoms with Gasteiger partial charge in [-0.05, 0) is 25.1 Å². The third-order valence-electron chi connectivity index (χ3n) is 2.31. The molecule has 2 rings (SSSR count). The topological polar surface area (TPSA) is 62.5 Å². The lowest BCUT2D eigenvalue weighted by Crippen LogP contribution is -2.12. The molecule has 5 heteroatoms. The Hall–Kier alpha value is -2.30. The van der Waals surface area contributed by atoms with E-state index in [9.17, 15) is 9.18 Å². The number of aryl methyl sites for hydroxylation is 1. The standard InChI is InChI=1S/C12H10FNO3/c1-7-9(4-5-17-7)12(16)14-8-2-3-11(15)10(13)6-8/h2-6,15H,1H3,(H,14,16). The van der Waals surface area contributed by atoms with Gasteiger partial charge in [0.15, 0.2) is 11.6 Å². The number of hydrogen-bond acceptors (Lipinski definition) is 3. The van der Waals surface area contributed by atoms with E-state index in [0.717, 1.165) is 6.07 Å². The third kappa shape index (κ3) is 2.28. The molecule has 1 aromatic heterocycles. The molecule has 0 aliphatic carbocycles. The molecule has 2 N–H and O–H groups in total. The summed E-state index contributed by atoms with van der Waals surface area (Å²) in [7, 11) is 0. The Balaban J connectivity index is 2.19. The number of benzene rings is 1. The van der Waals surface area contributed by atoms with Crippen LogP contribution in [-0.4, -0.2) is 11.0 Å². The molecule has 1 amide bonds. The largest absolute Gasteiger partial charge is 0.505 e. The Bertz CT molecular complexity index is 563. The first-order chi connectivity index (χ1) is 8.08. The molecule has 0 fully saturated rings. The van der Waals surface area contributed by atoms with Crippen molar-refractivity contribution < 1.29 is 18.7 Å². The molecule has 0 spiro atoms. The van der Waals surface area contributed by atoms with Crippen LogP contribution in [-0.2, 0) is 0 Å². The fraction of sp³-hybridized carbons (Fsp3) is 0.0833. The lowest BCUT2D eigenvalue weighted by atomic mass is 10.2. The lowest BCUT2D eigenvalue weighted by molar-refractivity contribution is 0.102. The molecule has 2 aromatic rings. The molecule has 0 unspecified atom stereocenters. The molecule has 0 atom stereocenters. The van der Waals surface area contributed by atoms with Crippen LogP contribution < -0.4 is 5.32 Å². The number of rotatable bonds is 2. The fourth-order valence-corrected chi connectivity index (χ4v) is 1.40. The quantitative estimate of drug-likeness (QED) is 0.786. The number of phenols is 1. The molecule has 0 saturated carbocycles. The number of nitrogens with one attached hydrogen (secondary N) is 1. The summed E-state index contributed by atoms with van der Waals surface area (Å²) in [6.07, 6.45) is 1.40. The highest BCUT2D eigenvalue weighted by Gasteiger charge is 2.12. The summed E-state index contributed by atoms with van der Waals surface area (Å²) >= 11 is 0. The summed E-state index contributed by atoms with van der Waals surface area (Å²) in [5.41, 5.74) is 0.657. The van der Waals surface area contributed by atoms with Gasteiger partial charge in [-0.2, -0.15) is 0 Å². The van der Waals surface area contributed by atoms with Crippen LogP contribution in [0.5, 0.6) is 5.75 Å². The van der Waals surface area contributed by atoms with Gasteiger partial charge in [0.1, 0.15) is 5.76 Å². The number of hydrogen-bond donors (Lipinski definition) is 2. The zero-order chi connectivity index (χ0) is 12.4. The van der Waals surface area contributed by atoms with Crippen molar-refractivity contribution in [2.24, 2.45) is 0 Å². The van der Waals surface area contributed by atoms with Crippen molar-refractivity contribution in [2.75, 3.05) is 5.32 Å². The maximum atomic E-state index is 13.0. The van der Waals surface area contributed by atoms with Gasteiger partial charge in [-0.15, -0.1) is 0 Å². The van der Waals surface area contributed by atoms with Crippen molar-refractivity contribution in [1.82, 2.24) is 0 Å². The average molecular weight is 235 g/mol.